The lowest BCUT2D eigenvalue weighted by Crippen LogP contribution is -2.40. The lowest BCUT2D eigenvalue weighted by Gasteiger charge is -2.36. The van der Waals surface area contributed by atoms with Gasteiger partial charge in [-0.3, -0.25) is 9.69 Å². The van der Waals surface area contributed by atoms with Crippen LogP contribution < -0.4 is 10.6 Å². The van der Waals surface area contributed by atoms with Crippen molar-refractivity contribution >= 4 is 23.3 Å². The van der Waals surface area contributed by atoms with Gasteiger partial charge in [-0.1, -0.05) is 91.0 Å². The van der Waals surface area contributed by atoms with Gasteiger partial charge in [0, 0.05) is 23.5 Å². The number of carbonyl (C=O) groups is 2. The highest BCUT2D eigenvalue weighted by atomic mass is 19.4. The number of alkyl halides is 3. The first-order valence-corrected chi connectivity index (χ1v) is 16.7. The van der Waals surface area contributed by atoms with Crippen LogP contribution >= 0.6 is 0 Å². The predicted molar refractivity (Wildman–Crippen MR) is 190 cm³/mol. The number of ether oxygens (including phenoxy) is 1. The molecule has 2 N–H and O–H groups in total. The lowest BCUT2D eigenvalue weighted by atomic mass is 9.88. The van der Waals surface area contributed by atoms with Gasteiger partial charge in [-0.15, -0.1) is 0 Å². The summed E-state index contributed by atoms with van der Waals surface area (Å²) in [4.78, 5) is 28.9. The standard InChI is InChI=1S/C41H38F3N3O3/c42-41(43,44)33-19-15-31(16-20-33)36-13-7-8-14-37(36)39(48)46-35-21-17-29(18-22-35)30-23-26-47(27-24-30)38(32-9-3-1-4-10-32)40(49)50-28-25-45-34-11-5-2-6-12-34/h1-22,30,38,45H,23-28H2,(H,46,48). The number of halogens is 3. The molecule has 0 bridgehead atoms. The van der Waals surface area contributed by atoms with Crippen LogP contribution in [0.3, 0.4) is 0 Å². The fourth-order valence-corrected chi connectivity index (χ4v) is 6.41. The summed E-state index contributed by atoms with van der Waals surface area (Å²) in [6.07, 6.45) is -2.71. The van der Waals surface area contributed by atoms with Crippen molar-refractivity contribution < 1.29 is 27.5 Å². The van der Waals surface area contributed by atoms with Crippen molar-refractivity contribution in [1.82, 2.24) is 4.90 Å². The van der Waals surface area contributed by atoms with Crippen LogP contribution in [0.1, 0.15) is 51.8 Å². The quantitative estimate of drug-likeness (QED) is 0.108. The highest BCUT2D eigenvalue weighted by molar-refractivity contribution is 6.08. The molecular weight excluding hydrogens is 639 g/mol. The third-order valence-electron chi connectivity index (χ3n) is 9.02. The van der Waals surface area contributed by atoms with Gasteiger partial charge in [0.1, 0.15) is 12.6 Å². The van der Waals surface area contributed by atoms with Crippen LogP contribution in [0.5, 0.6) is 0 Å². The number of hydrogen-bond donors (Lipinski definition) is 2. The fourth-order valence-electron chi connectivity index (χ4n) is 6.41. The van der Waals surface area contributed by atoms with Crippen LogP contribution in [0.4, 0.5) is 24.5 Å². The topological polar surface area (TPSA) is 70.7 Å². The summed E-state index contributed by atoms with van der Waals surface area (Å²) >= 11 is 0. The highest BCUT2D eigenvalue weighted by Crippen LogP contribution is 2.35. The number of carbonyl (C=O) groups excluding carboxylic acids is 2. The van der Waals surface area contributed by atoms with Crippen LogP contribution in [0.2, 0.25) is 0 Å². The van der Waals surface area contributed by atoms with E-state index in [1.165, 1.54) is 12.1 Å². The summed E-state index contributed by atoms with van der Waals surface area (Å²) < 4.78 is 45.0. The molecule has 9 heteroatoms. The number of anilines is 2. The van der Waals surface area contributed by atoms with Gasteiger partial charge in [-0.25, -0.2) is 4.79 Å². The maximum absolute atomic E-state index is 13.4. The summed E-state index contributed by atoms with van der Waals surface area (Å²) in [6.45, 7) is 2.22. The number of hydrogen-bond acceptors (Lipinski definition) is 5. The lowest BCUT2D eigenvalue weighted by molar-refractivity contribution is -0.150. The average molecular weight is 678 g/mol. The molecule has 50 heavy (non-hydrogen) atoms. The van der Waals surface area contributed by atoms with E-state index in [1.807, 2.05) is 84.9 Å². The SMILES string of the molecule is O=C(Nc1ccc(C2CCN(C(C(=O)OCCNc3ccccc3)c3ccccc3)CC2)cc1)c1ccccc1-c1ccc(C(F)(F)F)cc1. The van der Waals surface area contributed by atoms with Crippen molar-refractivity contribution in [3.8, 4) is 11.1 Å². The number of rotatable bonds is 11. The van der Waals surface area contributed by atoms with E-state index in [-0.39, 0.29) is 18.5 Å². The van der Waals surface area contributed by atoms with Crippen LogP contribution in [0.15, 0.2) is 133 Å². The van der Waals surface area contributed by atoms with Gasteiger partial charge in [0.25, 0.3) is 5.91 Å². The zero-order chi connectivity index (χ0) is 34.9. The van der Waals surface area contributed by atoms with Gasteiger partial charge in [0.2, 0.25) is 0 Å². The number of likely N-dealkylation sites (tertiary alicyclic amines) is 1. The molecule has 1 aliphatic rings. The summed E-state index contributed by atoms with van der Waals surface area (Å²) in [5.41, 5.74) is 4.34. The minimum Gasteiger partial charge on any atom is -0.462 e. The molecule has 0 saturated carbocycles. The van der Waals surface area contributed by atoms with Gasteiger partial charge in [-0.05, 0) is 96.6 Å². The molecule has 5 aromatic carbocycles. The summed E-state index contributed by atoms with van der Waals surface area (Å²) in [5.74, 6) is -0.320. The molecule has 1 atom stereocenters. The zero-order valence-electron chi connectivity index (χ0n) is 27.4. The van der Waals surface area contributed by atoms with Gasteiger partial charge in [0.15, 0.2) is 0 Å². The molecule has 1 amide bonds. The van der Waals surface area contributed by atoms with Crippen LogP contribution in [0.25, 0.3) is 11.1 Å². The van der Waals surface area contributed by atoms with Crippen LogP contribution in [-0.4, -0.2) is 43.0 Å². The molecule has 6 nitrogen and oxygen atoms in total. The molecule has 5 aromatic rings. The molecule has 256 valence electrons. The zero-order valence-corrected chi connectivity index (χ0v) is 27.4. The van der Waals surface area contributed by atoms with Crippen molar-refractivity contribution in [3.05, 3.63) is 156 Å². The molecule has 6 rings (SSSR count). The van der Waals surface area contributed by atoms with Crippen molar-refractivity contribution in [2.45, 2.75) is 31.0 Å². The Hall–Kier alpha value is -5.41. The van der Waals surface area contributed by atoms with Crippen molar-refractivity contribution in [1.29, 1.82) is 0 Å². The molecule has 1 saturated heterocycles. The number of nitrogens with zero attached hydrogens (tertiary/aromatic N) is 1. The van der Waals surface area contributed by atoms with Gasteiger partial charge in [-0.2, -0.15) is 13.2 Å². The highest BCUT2D eigenvalue weighted by Gasteiger charge is 2.33. The largest absolute Gasteiger partial charge is 0.462 e. The Kier molecular flexibility index (Phi) is 10.9. The Morgan fingerprint density at radius 2 is 1.36 bits per heavy atom. The molecule has 1 heterocycles. The summed E-state index contributed by atoms with van der Waals surface area (Å²) in [5, 5.41) is 6.21. The van der Waals surface area contributed by atoms with E-state index >= 15 is 0 Å². The smallest absolute Gasteiger partial charge is 0.416 e. The first-order chi connectivity index (χ1) is 24.3. The van der Waals surface area contributed by atoms with Gasteiger partial charge >= 0.3 is 12.1 Å². The number of esters is 1. The second-order valence-corrected chi connectivity index (χ2v) is 12.3. The Bertz CT molecular complexity index is 1860. The number of piperidine rings is 1. The first-order valence-electron chi connectivity index (χ1n) is 16.7. The van der Waals surface area contributed by atoms with Gasteiger partial charge < -0.3 is 15.4 Å². The van der Waals surface area contributed by atoms with Gasteiger partial charge in [0.05, 0.1) is 5.56 Å². The molecule has 0 radical (unpaired) electrons. The Labute approximate surface area is 289 Å². The van der Waals surface area contributed by atoms with E-state index in [0.29, 0.717) is 34.8 Å². The molecule has 1 aliphatic heterocycles. The van der Waals surface area contributed by atoms with E-state index in [0.717, 1.165) is 54.9 Å². The molecular formula is C41H38F3N3O3. The molecule has 1 fully saturated rings. The number of nitrogens with one attached hydrogen (secondary N) is 2. The molecule has 0 aromatic heterocycles. The second-order valence-electron chi connectivity index (χ2n) is 12.3. The molecule has 0 aliphatic carbocycles. The number of amides is 1. The normalized spacial score (nSPS) is 14.5. The summed E-state index contributed by atoms with van der Waals surface area (Å²) in [6, 6.07) is 38.5. The maximum Gasteiger partial charge on any atom is 0.416 e. The Morgan fingerprint density at radius 1 is 0.740 bits per heavy atom. The van der Waals surface area contributed by atoms with E-state index in [4.69, 9.17) is 4.74 Å². The van der Waals surface area contributed by atoms with Crippen LogP contribution in [-0.2, 0) is 15.7 Å². The number of para-hydroxylation sites is 1. The van der Waals surface area contributed by atoms with E-state index in [9.17, 15) is 22.8 Å². The van der Waals surface area contributed by atoms with E-state index in [2.05, 4.69) is 15.5 Å². The summed E-state index contributed by atoms with van der Waals surface area (Å²) in [7, 11) is 0. The van der Waals surface area contributed by atoms with Crippen molar-refractivity contribution in [2.75, 3.05) is 36.9 Å². The second kappa shape index (κ2) is 15.9. The van der Waals surface area contributed by atoms with E-state index < -0.39 is 17.8 Å². The minimum absolute atomic E-state index is 0.260. The monoisotopic (exact) mass is 677 g/mol. The fraction of sp³-hybridized carbons (Fsp3) is 0.220. The third-order valence-corrected chi connectivity index (χ3v) is 9.02. The Balaban J connectivity index is 1.05. The molecule has 0 spiro atoms. The van der Waals surface area contributed by atoms with E-state index in [1.54, 1.807) is 24.3 Å². The average Bonchev–Trinajstić information content (AvgIpc) is 3.15. The molecule has 1 unspecified atom stereocenters. The predicted octanol–water partition coefficient (Wildman–Crippen LogP) is 9.20. The number of benzene rings is 5. The van der Waals surface area contributed by atoms with Crippen molar-refractivity contribution in [3.63, 3.8) is 0 Å². The van der Waals surface area contributed by atoms with Crippen LogP contribution in [0, 0.1) is 0 Å². The first kappa shape index (κ1) is 34.5. The maximum atomic E-state index is 13.4. The third kappa shape index (κ3) is 8.59. The minimum atomic E-state index is -4.43. The Morgan fingerprint density at radius 3 is 2.02 bits per heavy atom. The van der Waals surface area contributed by atoms with Crippen molar-refractivity contribution in [2.24, 2.45) is 0 Å².